The van der Waals surface area contributed by atoms with Gasteiger partial charge in [-0.3, -0.25) is 0 Å². The van der Waals surface area contributed by atoms with Gasteiger partial charge in [0.05, 0.1) is 0 Å². The zero-order valence-electron chi connectivity index (χ0n) is 12.3. The van der Waals surface area contributed by atoms with Gasteiger partial charge < -0.3 is 15.0 Å². The molecule has 0 radical (unpaired) electrons. The summed E-state index contributed by atoms with van der Waals surface area (Å²) in [6.45, 7) is 5.42. The number of ether oxygens (including phenoxy) is 1. The molecule has 0 aliphatic carbocycles. The molecule has 1 spiro atoms. The standard InChI is InChI=1S/C16H23FN2O/c1-3-19-8-6-16(7-9-19)11-14(18-2)13-5-4-12(17)10-15(13)20-16/h4-5,10,14,18H,3,6-9,11H2,1-2H3. The van der Waals surface area contributed by atoms with Gasteiger partial charge >= 0.3 is 0 Å². The van der Waals surface area contributed by atoms with E-state index >= 15 is 0 Å². The van der Waals surface area contributed by atoms with Crippen LogP contribution in [0.4, 0.5) is 4.39 Å². The molecule has 2 heterocycles. The predicted octanol–water partition coefficient (Wildman–Crippen LogP) is 2.72. The third-order valence-corrected chi connectivity index (χ3v) is 4.82. The van der Waals surface area contributed by atoms with E-state index in [0.29, 0.717) is 0 Å². The highest BCUT2D eigenvalue weighted by atomic mass is 19.1. The molecular formula is C16H23FN2O. The molecule has 0 saturated carbocycles. The summed E-state index contributed by atoms with van der Waals surface area (Å²) >= 11 is 0. The number of hydrogen-bond acceptors (Lipinski definition) is 3. The molecule has 0 bridgehead atoms. The number of likely N-dealkylation sites (tertiary alicyclic amines) is 1. The van der Waals surface area contributed by atoms with Crippen LogP contribution >= 0.6 is 0 Å². The second-order valence-corrected chi connectivity index (χ2v) is 5.95. The van der Waals surface area contributed by atoms with Gasteiger partial charge in [-0.2, -0.15) is 0 Å². The number of piperidine rings is 1. The summed E-state index contributed by atoms with van der Waals surface area (Å²) < 4.78 is 19.7. The quantitative estimate of drug-likeness (QED) is 0.900. The summed E-state index contributed by atoms with van der Waals surface area (Å²) in [7, 11) is 1.97. The molecule has 0 amide bonds. The van der Waals surface area contributed by atoms with Crippen LogP contribution < -0.4 is 10.1 Å². The van der Waals surface area contributed by atoms with Crippen molar-refractivity contribution in [3.8, 4) is 5.75 Å². The minimum Gasteiger partial charge on any atom is -0.487 e. The van der Waals surface area contributed by atoms with Crippen molar-refractivity contribution in [1.29, 1.82) is 0 Å². The van der Waals surface area contributed by atoms with Crippen molar-refractivity contribution in [2.24, 2.45) is 0 Å². The number of halogens is 1. The van der Waals surface area contributed by atoms with Crippen LogP contribution in [0.25, 0.3) is 0 Å². The minimum atomic E-state index is -0.221. The van der Waals surface area contributed by atoms with Crippen LogP contribution in [0.15, 0.2) is 18.2 Å². The maximum absolute atomic E-state index is 13.5. The monoisotopic (exact) mass is 278 g/mol. The lowest BCUT2D eigenvalue weighted by molar-refractivity contribution is -0.0237. The Bertz CT molecular complexity index is 483. The number of nitrogens with zero attached hydrogens (tertiary/aromatic N) is 1. The molecule has 20 heavy (non-hydrogen) atoms. The highest BCUT2D eigenvalue weighted by Crippen LogP contribution is 2.44. The first-order valence-corrected chi connectivity index (χ1v) is 7.54. The molecule has 2 aliphatic rings. The fraction of sp³-hybridized carbons (Fsp3) is 0.625. The van der Waals surface area contributed by atoms with Crippen molar-refractivity contribution in [3.63, 3.8) is 0 Å². The summed E-state index contributed by atoms with van der Waals surface area (Å²) in [5.41, 5.74) is 0.956. The Morgan fingerprint density at radius 2 is 2.15 bits per heavy atom. The number of hydrogen-bond donors (Lipinski definition) is 1. The first kappa shape index (κ1) is 13.8. The average Bonchev–Trinajstić information content (AvgIpc) is 2.47. The highest BCUT2D eigenvalue weighted by molar-refractivity contribution is 5.39. The summed E-state index contributed by atoms with van der Waals surface area (Å²) in [6.07, 6.45) is 3.02. The minimum absolute atomic E-state index is 0.125. The highest BCUT2D eigenvalue weighted by Gasteiger charge is 2.42. The van der Waals surface area contributed by atoms with Gasteiger partial charge in [-0.1, -0.05) is 13.0 Å². The van der Waals surface area contributed by atoms with E-state index in [1.807, 2.05) is 13.1 Å². The largest absolute Gasteiger partial charge is 0.487 e. The molecule has 3 rings (SSSR count). The van der Waals surface area contributed by atoms with Gasteiger partial charge in [0.25, 0.3) is 0 Å². The SMILES string of the molecule is CCN1CCC2(CC1)CC(NC)c1ccc(F)cc1O2. The Balaban J connectivity index is 1.86. The van der Waals surface area contributed by atoms with Crippen LogP contribution in [0, 0.1) is 5.82 Å². The van der Waals surface area contributed by atoms with E-state index in [1.165, 1.54) is 12.1 Å². The molecule has 1 atom stereocenters. The van der Waals surface area contributed by atoms with Crippen molar-refractivity contribution in [1.82, 2.24) is 10.2 Å². The topological polar surface area (TPSA) is 24.5 Å². The van der Waals surface area contributed by atoms with Gasteiger partial charge in [-0.05, 0) is 32.5 Å². The summed E-state index contributed by atoms with van der Waals surface area (Å²) in [6, 6.07) is 5.16. The number of fused-ring (bicyclic) bond motifs is 1. The van der Waals surface area contributed by atoms with Gasteiger partial charge in [0.1, 0.15) is 17.2 Å². The van der Waals surface area contributed by atoms with Crippen LogP contribution in [0.3, 0.4) is 0 Å². The van der Waals surface area contributed by atoms with Crippen LogP contribution in [0.5, 0.6) is 5.75 Å². The van der Waals surface area contributed by atoms with E-state index in [0.717, 1.165) is 50.2 Å². The van der Waals surface area contributed by atoms with E-state index in [4.69, 9.17) is 4.74 Å². The lowest BCUT2D eigenvalue weighted by atomic mass is 9.80. The fourth-order valence-corrected chi connectivity index (χ4v) is 3.48. The molecule has 4 heteroatoms. The van der Waals surface area contributed by atoms with Gasteiger partial charge in [0, 0.05) is 37.2 Å². The summed E-state index contributed by atoms with van der Waals surface area (Å²) in [5.74, 6) is 0.502. The Morgan fingerprint density at radius 1 is 1.40 bits per heavy atom. The van der Waals surface area contributed by atoms with Crippen LogP contribution in [0.2, 0.25) is 0 Å². The fourth-order valence-electron chi connectivity index (χ4n) is 3.48. The predicted molar refractivity (Wildman–Crippen MR) is 77.5 cm³/mol. The molecule has 1 N–H and O–H groups in total. The molecule has 2 aliphatic heterocycles. The van der Waals surface area contributed by atoms with Gasteiger partial charge in [-0.25, -0.2) is 4.39 Å². The van der Waals surface area contributed by atoms with E-state index in [9.17, 15) is 4.39 Å². The third-order valence-electron chi connectivity index (χ3n) is 4.82. The zero-order valence-corrected chi connectivity index (χ0v) is 12.3. The Labute approximate surface area is 120 Å². The molecule has 1 unspecified atom stereocenters. The molecule has 3 nitrogen and oxygen atoms in total. The number of rotatable bonds is 2. The molecule has 1 saturated heterocycles. The Kier molecular flexibility index (Phi) is 3.69. The van der Waals surface area contributed by atoms with Crippen molar-refractivity contribution in [3.05, 3.63) is 29.6 Å². The van der Waals surface area contributed by atoms with Gasteiger partial charge in [0.2, 0.25) is 0 Å². The normalized spacial score (nSPS) is 25.2. The second-order valence-electron chi connectivity index (χ2n) is 5.95. The molecule has 1 fully saturated rings. The van der Waals surface area contributed by atoms with E-state index in [-0.39, 0.29) is 17.5 Å². The number of benzene rings is 1. The zero-order chi connectivity index (χ0) is 14.2. The lowest BCUT2D eigenvalue weighted by Crippen LogP contribution is -2.51. The van der Waals surface area contributed by atoms with Gasteiger partial charge in [0.15, 0.2) is 0 Å². The first-order chi connectivity index (χ1) is 9.65. The van der Waals surface area contributed by atoms with Crippen molar-refractivity contribution >= 4 is 0 Å². The maximum Gasteiger partial charge on any atom is 0.127 e. The molecule has 110 valence electrons. The Hall–Kier alpha value is -1.13. The van der Waals surface area contributed by atoms with Crippen LogP contribution in [-0.2, 0) is 0 Å². The molecule has 1 aromatic rings. The maximum atomic E-state index is 13.5. The van der Waals surface area contributed by atoms with Gasteiger partial charge in [-0.15, -0.1) is 0 Å². The number of nitrogens with one attached hydrogen (secondary N) is 1. The van der Waals surface area contributed by atoms with E-state index < -0.39 is 0 Å². The summed E-state index contributed by atoms with van der Waals surface area (Å²) in [4.78, 5) is 2.45. The molecule has 0 aromatic heterocycles. The summed E-state index contributed by atoms with van der Waals surface area (Å²) in [5, 5.41) is 3.36. The van der Waals surface area contributed by atoms with Crippen LogP contribution in [0.1, 0.15) is 37.8 Å². The Morgan fingerprint density at radius 3 is 2.80 bits per heavy atom. The first-order valence-electron chi connectivity index (χ1n) is 7.54. The smallest absolute Gasteiger partial charge is 0.127 e. The third kappa shape index (κ3) is 2.42. The van der Waals surface area contributed by atoms with Crippen LogP contribution in [-0.4, -0.2) is 37.2 Å². The van der Waals surface area contributed by atoms with Crippen molar-refractivity contribution < 1.29 is 9.13 Å². The molecule has 1 aromatic carbocycles. The van der Waals surface area contributed by atoms with E-state index in [2.05, 4.69) is 17.1 Å². The second kappa shape index (κ2) is 5.34. The van der Waals surface area contributed by atoms with Crippen molar-refractivity contribution in [2.45, 2.75) is 37.8 Å². The lowest BCUT2D eigenvalue weighted by Gasteiger charge is -2.46. The molecular weight excluding hydrogens is 255 g/mol. The van der Waals surface area contributed by atoms with E-state index in [1.54, 1.807) is 0 Å². The van der Waals surface area contributed by atoms with Crippen molar-refractivity contribution in [2.75, 3.05) is 26.7 Å². The average molecular weight is 278 g/mol.